The first-order chi connectivity index (χ1) is 12.7. The zero-order valence-electron chi connectivity index (χ0n) is 17.2. The second-order valence-electron chi connectivity index (χ2n) is 7.13. The van der Waals surface area contributed by atoms with Crippen LogP contribution in [0.1, 0.15) is 44.6 Å². The summed E-state index contributed by atoms with van der Waals surface area (Å²) in [4.78, 5) is 32.0. The van der Waals surface area contributed by atoms with Crippen LogP contribution in [0.5, 0.6) is 0 Å². The van der Waals surface area contributed by atoms with Gasteiger partial charge in [-0.05, 0) is 51.1 Å². The van der Waals surface area contributed by atoms with Crippen molar-refractivity contribution in [1.29, 1.82) is 0 Å². The number of H-pyrrole nitrogens is 1. The summed E-state index contributed by atoms with van der Waals surface area (Å²) in [5, 5.41) is 0. The average Bonchev–Trinajstić information content (AvgIpc) is 2.94. The second-order valence-corrected chi connectivity index (χ2v) is 7.13. The van der Waals surface area contributed by atoms with E-state index in [4.69, 9.17) is 4.74 Å². The summed E-state index contributed by atoms with van der Waals surface area (Å²) in [6.45, 7) is 6.08. The fourth-order valence-corrected chi connectivity index (χ4v) is 3.14. The number of nitrogens with zero attached hydrogens (tertiary/aromatic N) is 2. The molecular formula is C21H29N3O3. The molecule has 1 atom stereocenters. The fraction of sp³-hybridized carbons (Fsp3) is 0.429. The zero-order chi connectivity index (χ0) is 20.3. The Morgan fingerprint density at radius 3 is 2.22 bits per heavy atom. The van der Waals surface area contributed by atoms with E-state index in [2.05, 4.69) is 34.1 Å². The number of anilines is 1. The molecule has 0 aliphatic heterocycles. The first-order valence-electron chi connectivity index (χ1n) is 8.95. The number of rotatable bonds is 7. The Morgan fingerprint density at radius 1 is 1.11 bits per heavy atom. The number of esters is 1. The number of hydrogen-bond donors (Lipinski definition) is 1. The maximum Gasteiger partial charge on any atom is 0.339 e. The van der Waals surface area contributed by atoms with Gasteiger partial charge in [-0.2, -0.15) is 0 Å². The number of aromatic amines is 1. The highest BCUT2D eigenvalue weighted by Gasteiger charge is 2.27. The van der Waals surface area contributed by atoms with Gasteiger partial charge in [0.2, 0.25) is 0 Å². The molecule has 1 N–H and O–H groups in total. The van der Waals surface area contributed by atoms with Crippen LogP contribution in [-0.4, -0.2) is 55.9 Å². The third kappa shape index (κ3) is 4.39. The van der Waals surface area contributed by atoms with Crippen molar-refractivity contribution < 1.29 is 14.3 Å². The summed E-state index contributed by atoms with van der Waals surface area (Å²) in [7, 11) is 7.28. The van der Waals surface area contributed by atoms with E-state index in [1.54, 1.807) is 13.8 Å². The molecular weight excluding hydrogens is 342 g/mol. The molecule has 0 aliphatic rings. The van der Waals surface area contributed by atoms with Crippen LogP contribution in [0.25, 0.3) is 0 Å². The third-order valence-electron chi connectivity index (χ3n) is 5.00. The molecule has 1 aromatic carbocycles. The van der Waals surface area contributed by atoms with Gasteiger partial charge < -0.3 is 14.6 Å². The molecule has 146 valence electrons. The molecule has 0 spiro atoms. The highest BCUT2D eigenvalue weighted by molar-refractivity contribution is 6.03. The van der Waals surface area contributed by atoms with Crippen molar-refractivity contribution in [3.8, 4) is 0 Å². The van der Waals surface area contributed by atoms with Crippen LogP contribution in [0.4, 0.5) is 5.69 Å². The predicted molar refractivity (Wildman–Crippen MR) is 108 cm³/mol. The Morgan fingerprint density at radius 2 is 1.70 bits per heavy atom. The van der Waals surface area contributed by atoms with Gasteiger partial charge in [0, 0.05) is 32.0 Å². The number of hydrogen-bond acceptors (Lipinski definition) is 5. The molecule has 27 heavy (non-hydrogen) atoms. The Balaban J connectivity index is 2.15. The maximum atomic E-state index is 13.0. The molecule has 6 heteroatoms. The van der Waals surface area contributed by atoms with E-state index in [1.807, 2.05) is 33.0 Å². The number of aryl methyl sites for hydroxylation is 1. The van der Waals surface area contributed by atoms with E-state index < -0.39 is 5.97 Å². The van der Waals surface area contributed by atoms with Crippen molar-refractivity contribution in [3.63, 3.8) is 0 Å². The quantitative estimate of drug-likeness (QED) is 0.598. The average molecular weight is 371 g/mol. The Bertz CT molecular complexity index is 822. The highest BCUT2D eigenvalue weighted by Crippen LogP contribution is 2.22. The number of methoxy groups -OCH3 is 1. The zero-order valence-corrected chi connectivity index (χ0v) is 17.2. The lowest BCUT2D eigenvalue weighted by molar-refractivity contribution is 0.0599. The molecule has 0 amide bonds. The van der Waals surface area contributed by atoms with E-state index >= 15 is 0 Å². The summed E-state index contributed by atoms with van der Waals surface area (Å²) in [5.41, 5.74) is 4.47. The number of Topliss-reactive ketones (excluding diaryl/α,β-unsaturated/α-hetero) is 1. The normalized spacial score (nSPS) is 12.1. The van der Waals surface area contributed by atoms with E-state index in [-0.39, 0.29) is 11.8 Å². The molecule has 0 unspecified atom stereocenters. The fourth-order valence-electron chi connectivity index (χ4n) is 3.14. The van der Waals surface area contributed by atoms with Crippen LogP contribution >= 0.6 is 0 Å². The molecule has 6 nitrogen and oxygen atoms in total. The van der Waals surface area contributed by atoms with Gasteiger partial charge in [-0.3, -0.25) is 9.69 Å². The van der Waals surface area contributed by atoms with Gasteiger partial charge in [0.05, 0.1) is 24.4 Å². The molecule has 1 aromatic heterocycles. The summed E-state index contributed by atoms with van der Waals surface area (Å²) < 4.78 is 4.82. The minimum Gasteiger partial charge on any atom is -0.465 e. The summed E-state index contributed by atoms with van der Waals surface area (Å²) in [6, 6.07) is 7.94. The Kier molecular flexibility index (Phi) is 6.44. The van der Waals surface area contributed by atoms with Gasteiger partial charge in [-0.1, -0.05) is 12.1 Å². The van der Waals surface area contributed by atoms with Crippen molar-refractivity contribution in [1.82, 2.24) is 9.88 Å². The van der Waals surface area contributed by atoms with Crippen LogP contribution in [0.3, 0.4) is 0 Å². The number of ketones is 1. The minimum atomic E-state index is -0.428. The van der Waals surface area contributed by atoms with Gasteiger partial charge in [-0.15, -0.1) is 0 Å². The number of likely N-dealkylation sites (N-methyl/N-ethyl adjacent to an activating group) is 1. The monoisotopic (exact) mass is 371 g/mol. The summed E-state index contributed by atoms with van der Waals surface area (Å²) in [6.07, 6.45) is 0. The van der Waals surface area contributed by atoms with Crippen molar-refractivity contribution in [3.05, 3.63) is 52.3 Å². The summed E-state index contributed by atoms with van der Waals surface area (Å²) >= 11 is 0. The van der Waals surface area contributed by atoms with Crippen LogP contribution in [0.2, 0.25) is 0 Å². The lowest BCUT2D eigenvalue weighted by Gasteiger charge is -2.24. The number of ether oxygens (including phenoxy) is 1. The molecule has 0 radical (unpaired) electrons. The van der Waals surface area contributed by atoms with Crippen LogP contribution in [0, 0.1) is 13.8 Å². The van der Waals surface area contributed by atoms with Crippen molar-refractivity contribution >= 4 is 17.4 Å². The topological polar surface area (TPSA) is 65.6 Å². The van der Waals surface area contributed by atoms with Gasteiger partial charge in [0.1, 0.15) is 0 Å². The number of benzene rings is 1. The number of aromatic nitrogens is 1. The predicted octanol–water partition coefficient (Wildman–Crippen LogP) is 3.19. The SMILES string of the molecule is COC(=O)c1c(C)[nH]c(C(=O)[C@H](C)N(C)Cc2ccc(N(C)C)cc2)c1C. The minimum absolute atomic E-state index is 0.0434. The van der Waals surface area contributed by atoms with Gasteiger partial charge in [0.15, 0.2) is 5.78 Å². The van der Waals surface area contributed by atoms with Crippen molar-refractivity contribution in [2.24, 2.45) is 0 Å². The van der Waals surface area contributed by atoms with E-state index in [1.165, 1.54) is 7.11 Å². The largest absolute Gasteiger partial charge is 0.465 e. The lowest BCUT2D eigenvalue weighted by atomic mass is 10.0. The second kappa shape index (κ2) is 8.39. The molecule has 0 fully saturated rings. The van der Waals surface area contributed by atoms with E-state index in [9.17, 15) is 9.59 Å². The molecule has 0 saturated heterocycles. The first kappa shape index (κ1) is 20.7. The smallest absolute Gasteiger partial charge is 0.339 e. The van der Waals surface area contributed by atoms with Gasteiger partial charge in [0.25, 0.3) is 0 Å². The van der Waals surface area contributed by atoms with E-state index in [0.717, 1.165) is 11.3 Å². The Labute approximate surface area is 161 Å². The van der Waals surface area contributed by atoms with Crippen molar-refractivity contribution in [2.45, 2.75) is 33.4 Å². The standard InChI is InChI=1S/C21H29N3O3/c1-13-18(21(26)27-7)14(2)22-19(13)20(25)15(3)24(6)12-16-8-10-17(11-9-16)23(4)5/h8-11,15,22H,12H2,1-7H3/t15-/m0/s1. The lowest BCUT2D eigenvalue weighted by Crippen LogP contribution is -2.36. The molecule has 0 bridgehead atoms. The number of carbonyl (C=O) groups excluding carboxylic acids is 2. The molecule has 0 aliphatic carbocycles. The van der Waals surface area contributed by atoms with Gasteiger partial charge in [-0.25, -0.2) is 4.79 Å². The Hall–Kier alpha value is -2.60. The van der Waals surface area contributed by atoms with Crippen molar-refractivity contribution in [2.75, 3.05) is 33.2 Å². The maximum absolute atomic E-state index is 13.0. The van der Waals surface area contributed by atoms with Crippen LogP contribution in [-0.2, 0) is 11.3 Å². The van der Waals surface area contributed by atoms with Crippen LogP contribution < -0.4 is 4.90 Å². The molecule has 1 heterocycles. The molecule has 2 aromatic rings. The van der Waals surface area contributed by atoms with Gasteiger partial charge >= 0.3 is 5.97 Å². The highest BCUT2D eigenvalue weighted by atomic mass is 16.5. The number of carbonyl (C=O) groups is 2. The number of nitrogens with one attached hydrogen (secondary N) is 1. The first-order valence-corrected chi connectivity index (χ1v) is 8.95. The molecule has 0 saturated carbocycles. The van der Waals surface area contributed by atoms with E-state index in [0.29, 0.717) is 29.1 Å². The summed E-state index contributed by atoms with van der Waals surface area (Å²) in [5.74, 6) is -0.472. The van der Waals surface area contributed by atoms with Crippen LogP contribution in [0.15, 0.2) is 24.3 Å². The third-order valence-corrected chi connectivity index (χ3v) is 5.00. The molecule has 2 rings (SSSR count).